The van der Waals surface area contributed by atoms with E-state index in [1.807, 2.05) is 75.5 Å². The first-order chi connectivity index (χ1) is 39.3. The average Bonchev–Trinajstić information content (AvgIpc) is 4.30. The summed E-state index contributed by atoms with van der Waals surface area (Å²) in [4.78, 5) is 48.1. The second-order valence-electron chi connectivity index (χ2n) is 23.6. The molecule has 5 aliphatic heterocycles. The van der Waals surface area contributed by atoms with Gasteiger partial charge in [0.25, 0.3) is 0 Å². The van der Waals surface area contributed by atoms with E-state index in [-0.39, 0.29) is 60.8 Å². The van der Waals surface area contributed by atoms with Crippen LogP contribution in [0.3, 0.4) is 0 Å². The third-order valence-electron chi connectivity index (χ3n) is 17.9. The molecule has 2 aromatic carbocycles. The Morgan fingerprint density at radius 2 is 1.54 bits per heavy atom. The van der Waals surface area contributed by atoms with Crippen LogP contribution in [0, 0.1) is 11.8 Å². The van der Waals surface area contributed by atoms with Crippen LogP contribution in [0.25, 0.3) is 16.9 Å². The maximum absolute atomic E-state index is 14.4. The Kier molecular flexibility index (Phi) is 15.5. The highest BCUT2D eigenvalue weighted by atomic mass is 16.5. The second kappa shape index (κ2) is 23.2. The summed E-state index contributed by atoms with van der Waals surface area (Å²) in [5.41, 5.74) is 17.3. The van der Waals surface area contributed by atoms with Crippen molar-refractivity contribution in [2.45, 2.75) is 133 Å². The molecule has 9 heterocycles. The van der Waals surface area contributed by atoms with Gasteiger partial charge in [-0.1, -0.05) is 43.3 Å². The first-order valence-electron chi connectivity index (χ1n) is 29.1. The lowest BCUT2D eigenvalue weighted by Crippen LogP contribution is -2.54. The summed E-state index contributed by atoms with van der Waals surface area (Å²) >= 11 is 0. The number of nitrogen functional groups attached to an aromatic ring is 2. The van der Waals surface area contributed by atoms with Crippen LogP contribution in [0.1, 0.15) is 102 Å². The number of imidazole rings is 1. The van der Waals surface area contributed by atoms with Crippen molar-refractivity contribution in [2.75, 3.05) is 78.5 Å². The van der Waals surface area contributed by atoms with E-state index in [4.69, 9.17) is 25.5 Å². The number of hydrogen-bond acceptors (Lipinski definition) is 18. The number of amides is 2. The molecule has 6 atom stereocenters. The molecule has 81 heavy (non-hydrogen) atoms. The molecule has 7 N–H and O–H groups in total. The lowest BCUT2D eigenvalue weighted by atomic mass is 9.91. The van der Waals surface area contributed by atoms with Gasteiger partial charge in [-0.3, -0.25) is 14.2 Å². The quantitative estimate of drug-likeness (QED) is 0.0669. The number of rotatable bonds is 17. The van der Waals surface area contributed by atoms with Crippen molar-refractivity contribution in [3.63, 3.8) is 0 Å². The number of aromatic hydroxyl groups is 1. The Labute approximate surface area is 472 Å². The molecular weight excluding hydrogens is 1030 g/mol. The monoisotopic (exact) mass is 1100 g/mol. The van der Waals surface area contributed by atoms with E-state index in [0.29, 0.717) is 52.7 Å². The number of aliphatic hydroxyl groups excluding tert-OH is 1. The summed E-state index contributed by atoms with van der Waals surface area (Å²) in [6, 6.07) is 22.3. The smallest absolute Gasteiger partial charge is 0.243 e. The number of para-hydroxylation sites is 1. The number of carbonyl (C=O) groups excluding carboxylic acids is 2. The summed E-state index contributed by atoms with van der Waals surface area (Å²) in [5, 5.41) is 37.4. The number of phenolic OH excluding ortho intramolecular Hbond substituents is 1. The van der Waals surface area contributed by atoms with Crippen LogP contribution in [0.2, 0.25) is 0 Å². The molecule has 21 heteroatoms. The summed E-state index contributed by atoms with van der Waals surface area (Å²) < 4.78 is 20.8. The lowest BCUT2D eigenvalue weighted by Gasteiger charge is -2.43. The van der Waals surface area contributed by atoms with Crippen molar-refractivity contribution in [3.05, 3.63) is 103 Å². The molecule has 6 aromatic rings. The fraction of sp³-hybridized carbons (Fsp3) is 0.517. The number of phenols is 1. The maximum Gasteiger partial charge on any atom is 0.243 e. The molecule has 6 fully saturated rings. The molecule has 1 unspecified atom stereocenters. The largest absolute Gasteiger partial charge is 0.507 e. The van der Waals surface area contributed by atoms with Gasteiger partial charge in [-0.25, -0.2) is 9.97 Å². The first-order valence-corrected chi connectivity index (χ1v) is 29.1. The highest BCUT2D eigenvalue weighted by molar-refractivity contribution is 5.91. The zero-order valence-corrected chi connectivity index (χ0v) is 46.5. The Morgan fingerprint density at radius 1 is 0.790 bits per heavy atom. The van der Waals surface area contributed by atoms with Crippen molar-refractivity contribution >= 4 is 40.8 Å². The van der Waals surface area contributed by atoms with Gasteiger partial charge in [-0.05, 0) is 99.2 Å². The number of hydrogen-bond donors (Lipinski definition) is 5. The van der Waals surface area contributed by atoms with E-state index >= 15 is 0 Å². The zero-order chi connectivity index (χ0) is 55.9. The Hall–Kier alpha value is -7.49. The number of nitrogens with two attached hydrogens (primary N) is 2. The molecule has 0 spiro atoms. The zero-order valence-electron chi connectivity index (χ0n) is 46.5. The third kappa shape index (κ3) is 11.6. The normalized spacial score (nSPS) is 24.4. The Balaban J connectivity index is 0.564. The predicted octanol–water partition coefficient (Wildman–Crippen LogP) is 6.33. The number of benzene rings is 2. The van der Waals surface area contributed by atoms with Gasteiger partial charge in [0.2, 0.25) is 23.6 Å². The molecule has 12 rings (SSSR count). The van der Waals surface area contributed by atoms with Gasteiger partial charge in [0.15, 0.2) is 17.4 Å². The van der Waals surface area contributed by atoms with Gasteiger partial charge in [0.1, 0.15) is 23.8 Å². The molecular formula is C60H76N14O7. The fourth-order valence-electron chi connectivity index (χ4n) is 13.4. The van der Waals surface area contributed by atoms with Crippen LogP contribution < -0.4 is 36.2 Å². The number of piperidine rings is 2. The van der Waals surface area contributed by atoms with Gasteiger partial charge >= 0.3 is 0 Å². The number of nitrogens with one attached hydrogen (secondary N) is 1. The number of piperazine rings is 1. The number of aliphatic hydroxyl groups is 1. The molecule has 1 saturated carbocycles. The first kappa shape index (κ1) is 54.1. The number of fused-ring (bicyclic) bond motifs is 2. The number of β-amino-alcohol motifs (C(OH)–C–C–N with tert-alkyl or cyclic N) is 1. The summed E-state index contributed by atoms with van der Waals surface area (Å²) in [6.45, 7) is 12.3. The minimum Gasteiger partial charge on any atom is -0.507 e. The summed E-state index contributed by atoms with van der Waals surface area (Å²) in [6.07, 6.45) is 13.2. The predicted molar refractivity (Wildman–Crippen MR) is 307 cm³/mol. The van der Waals surface area contributed by atoms with Gasteiger partial charge in [-0.2, -0.15) is 0 Å². The SMILES string of the molecule is CC(C)[C@@H](C(=O)N1C[C@H](O)C[C@H]1C(=O)N[C@@H](C)c1ccc(-n2ccnc2N)cc1)c1cc(N2CCC(CN3CCC(OC4CC(Oc5cc(N6C7CC[C@@H]6CN(c6cc(-c8ccccc8O)nnc6N)C7)ccn5)C4)CC3)CC2)no1. The van der Waals surface area contributed by atoms with Gasteiger partial charge in [-0.15, -0.1) is 10.2 Å². The molecule has 4 aromatic heterocycles. The molecule has 2 bridgehead atoms. The number of pyridine rings is 1. The maximum atomic E-state index is 14.4. The van der Waals surface area contributed by atoms with Crippen LogP contribution in [0.15, 0.2) is 95.9 Å². The molecule has 6 aliphatic rings. The van der Waals surface area contributed by atoms with Crippen LogP contribution >= 0.6 is 0 Å². The lowest BCUT2D eigenvalue weighted by molar-refractivity contribution is -0.141. The molecule has 21 nitrogen and oxygen atoms in total. The highest BCUT2D eigenvalue weighted by Gasteiger charge is 2.45. The highest BCUT2D eigenvalue weighted by Crippen LogP contribution is 2.41. The molecule has 0 radical (unpaired) electrons. The van der Waals surface area contributed by atoms with Crippen molar-refractivity contribution < 1.29 is 33.8 Å². The minimum atomic E-state index is -0.823. The second-order valence-corrected chi connectivity index (χ2v) is 23.6. The van der Waals surface area contributed by atoms with Gasteiger partial charge in [0, 0.05) is 131 Å². The van der Waals surface area contributed by atoms with Crippen molar-refractivity contribution in [1.82, 2.24) is 45.0 Å². The van der Waals surface area contributed by atoms with Gasteiger partial charge < -0.3 is 65.5 Å². The van der Waals surface area contributed by atoms with Crippen molar-refractivity contribution in [3.8, 4) is 28.6 Å². The Morgan fingerprint density at radius 3 is 2.26 bits per heavy atom. The number of anilines is 5. The molecule has 5 saturated heterocycles. The Bertz CT molecular complexity index is 3140. The van der Waals surface area contributed by atoms with E-state index in [0.717, 1.165) is 126 Å². The topological polar surface area (TPSA) is 256 Å². The number of carbonyl (C=O) groups is 2. The average molecular weight is 1110 g/mol. The van der Waals surface area contributed by atoms with E-state index in [2.05, 4.69) is 62.4 Å². The minimum absolute atomic E-state index is 0.0687. The molecule has 428 valence electrons. The van der Waals surface area contributed by atoms with Crippen molar-refractivity contribution in [2.24, 2.45) is 11.8 Å². The van der Waals surface area contributed by atoms with Crippen LogP contribution in [-0.4, -0.2) is 157 Å². The van der Waals surface area contributed by atoms with Crippen LogP contribution in [-0.2, 0) is 14.3 Å². The summed E-state index contributed by atoms with van der Waals surface area (Å²) in [7, 11) is 0. The van der Waals surface area contributed by atoms with Crippen LogP contribution in [0.5, 0.6) is 11.6 Å². The van der Waals surface area contributed by atoms with Crippen molar-refractivity contribution in [1.29, 1.82) is 0 Å². The molecule has 2 amide bonds. The number of aromatic nitrogens is 6. The fourth-order valence-corrected chi connectivity index (χ4v) is 13.4. The van der Waals surface area contributed by atoms with E-state index < -0.39 is 18.1 Å². The number of nitrogens with zero attached hydrogens (tertiary/aromatic N) is 11. The van der Waals surface area contributed by atoms with Crippen LogP contribution in [0.4, 0.5) is 29.0 Å². The van der Waals surface area contributed by atoms with E-state index in [1.54, 1.807) is 29.1 Å². The number of likely N-dealkylation sites (tertiary alicyclic amines) is 2. The van der Waals surface area contributed by atoms with E-state index in [1.165, 1.54) is 4.90 Å². The third-order valence-corrected chi connectivity index (χ3v) is 17.9. The van der Waals surface area contributed by atoms with Gasteiger partial charge in [0.05, 0.1) is 35.7 Å². The number of ether oxygens (including phenoxy) is 2. The molecule has 1 aliphatic carbocycles. The standard InChI is InChI=1S/C60H76N14O7/c1-36(2)56(59(78)73-35-44(75)27-51(73)58(77)65-37(3)39-8-10-40(11-9-39)72-25-20-64-60(72)62)53-31-54(68-81-53)70-23-15-38(16-24-70)32-69-21-17-45(18-22-69)79-46-28-47(29-46)80-55-26-41(14-19-63-55)74-42-12-13-43(74)34-71(33-42)50-30-49(66-67-57(50)61)48-6-4-5-7-52(48)76/h4-11,14,19-20,25-26,30-31,36-38,42-47,51,56,75-76H,12-13,15-18,21-24,27-29,32-35H2,1-3H3,(H2,61,67)(H2,62,64)(H,65,77)/t37-,42+,43?,44+,46?,47?,51-,56+/m0/s1. The summed E-state index contributed by atoms with van der Waals surface area (Å²) in [5.74, 6) is 2.00. The van der Waals surface area contributed by atoms with E-state index in [9.17, 15) is 19.8 Å².